The summed E-state index contributed by atoms with van der Waals surface area (Å²) < 4.78 is 16.8. The fourth-order valence-corrected chi connectivity index (χ4v) is 3.37. The van der Waals surface area contributed by atoms with Crippen molar-refractivity contribution in [2.24, 2.45) is 0 Å². The van der Waals surface area contributed by atoms with Crippen LogP contribution in [-0.2, 0) is 13.0 Å². The molecule has 0 unspecified atom stereocenters. The highest BCUT2D eigenvalue weighted by Gasteiger charge is 2.18. The summed E-state index contributed by atoms with van der Waals surface area (Å²) in [6, 6.07) is 13.0. The van der Waals surface area contributed by atoms with E-state index in [1.165, 1.54) is 11.7 Å². The number of nitrogens with two attached hydrogens (primary N) is 1. The van der Waals surface area contributed by atoms with Gasteiger partial charge in [0.2, 0.25) is 11.9 Å². The molecule has 3 N–H and O–H groups in total. The molecule has 33 heavy (non-hydrogen) atoms. The van der Waals surface area contributed by atoms with E-state index in [-0.39, 0.29) is 30.1 Å². The summed E-state index contributed by atoms with van der Waals surface area (Å²) in [4.78, 5) is 25.2. The molecule has 0 aliphatic rings. The molecule has 0 spiro atoms. The van der Waals surface area contributed by atoms with Gasteiger partial charge in [0.05, 0.1) is 20.8 Å². The van der Waals surface area contributed by atoms with Crippen molar-refractivity contribution in [3.05, 3.63) is 64.4 Å². The predicted octanol–water partition coefficient (Wildman–Crippen LogP) is 2.64. The number of rotatable bonds is 8. The Morgan fingerprint density at radius 1 is 1.06 bits per heavy atom. The molecule has 0 radical (unpaired) electrons. The van der Waals surface area contributed by atoms with E-state index in [0.717, 1.165) is 17.7 Å². The van der Waals surface area contributed by atoms with Crippen molar-refractivity contribution in [1.29, 1.82) is 0 Å². The Kier molecular flexibility index (Phi) is 6.20. The van der Waals surface area contributed by atoms with E-state index in [1.54, 1.807) is 25.3 Å². The zero-order chi connectivity index (χ0) is 23.4. The van der Waals surface area contributed by atoms with Crippen molar-refractivity contribution in [2.75, 3.05) is 25.3 Å². The van der Waals surface area contributed by atoms with Gasteiger partial charge in [-0.15, -0.1) is 0 Å². The van der Waals surface area contributed by atoms with Gasteiger partial charge in [-0.3, -0.25) is 4.52 Å². The Morgan fingerprint density at radius 2 is 1.85 bits per heavy atom. The number of aryl methyl sites for hydroxylation is 1. The molecule has 0 saturated heterocycles. The third-order valence-corrected chi connectivity index (χ3v) is 4.97. The number of nitrogen functional groups attached to an aromatic ring is 1. The Labute approximate surface area is 189 Å². The first-order valence-electron chi connectivity index (χ1n) is 10.2. The predicted molar refractivity (Wildman–Crippen MR) is 122 cm³/mol. The average molecular weight is 449 g/mol. The third kappa shape index (κ3) is 4.61. The number of nitrogens with one attached hydrogen (secondary N) is 1. The normalized spacial score (nSPS) is 10.8. The van der Waals surface area contributed by atoms with Crippen molar-refractivity contribution in [2.45, 2.75) is 19.9 Å². The van der Waals surface area contributed by atoms with Gasteiger partial charge in [-0.2, -0.15) is 15.0 Å². The van der Waals surface area contributed by atoms with Crippen LogP contribution >= 0.6 is 0 Å². The molecule has 0 atom stereocenters. The molecule has 2 heterocycles. The van der Waals surface area contributed by atoms with Crippen LogP contribution in [0.2, 0.25) is 0 Å². The maximum atomic E-state index is 12.4. The molecular formula is C22H23N7O4. The first-order chi connectivity index (χ1) is 16.0. The van der Waals surface area contributed by atoms with E-state index >= 15 is 0 Å². The van der Waals surface area contributed by atoms with Gasteiger partial charge in [-0.1, -0.05) is 30.3 Å². The van der Waals surface area contributed by atoms with Crippen molar-refractivity contribution in [3.8, 4) is 22.9 Å². The Balaban J connectivity index is 1.67. The Bertz CT molecular complexity index is 1330. The van der Waals surface area contributed by atoms with Crippen molar-refractivity contribution >= 4 is 17.6 Å². The molecule has 0 aliphatic heterocycles. The molecule has 0 amide bonds. The van der Waals surface area contributed by atoms with Crippen LogP contribution in [0.1, 0.15) is 18.3 Å². The summed E-state index contributed by atoms with van der Waals surface area (Å²) in [6.07, 6.45) is 0.835. The minimum absolute atomic E-state index is 0.0219. The zero-order valence-electron chi connectivity index (χ0n) is 18.4. The van der Waals surface area contributed by atoms with E-state index < -0.39 is 5.76 Å². The molecule has 0 bridgehead atoms. The smallest absolute Gasteiger partial charge is 0.442 e. The second-order valence-electron chi connectivity index (χ2n) is 7.00. The molecule has 11 nitrogen and oxygen atoms in total. The summed E-state index contributed by atoms with van der Waals surface area (Å²) in [5.41, 5.74) is 8.47. The topological polar surface area (TPSA) is 143 Å². The van der Waals surface area contributed by atoms with E-state index in [2.05, 4.69) is 32.3 Å². The lowest BCUT2D eigenvalue weighted by Crippen LogP contribution is -2.19. The molecule has 2 aromatic carbocycles. The van der Waals surface area contributed by atoms with E-state index in [0.29, 0.717) is 17.1 Å². The summed E-state index contributed by atoms with van der Waals surface area (Å²) in [5, 5.41) is 7.08. The zero-order valence-corrected chi connectivity index (χ0v) is 18.4. The van der Waals surface area contributed by atoms with Gasteiger partial charge in [-0.25, -0.2) is 9.36 Å². The van der Waals surface area contributed by atoms with E-state index in [9.17, 15) is 4.79 Å². The van der Waals surface area contributed by atoms with Crippen molar-refractivity contribution in [1.82, 2.24) is 24.7 Å². The SMILES string of the molecule is CCc1ccccc1Nc1nc(N)nc(Cn2c(-c3ccc(OC)c(OC)c3)noc2=O)n1. The number of hydrogen-bond donors (Lipinski definition) is 2. The molecule has 0 aliphatic carbocycles. The highest BCUT2D eigenvalue weighted by Crippen LogP contribution is 2.31. The van der Waals surface area contributed by atoms with Gasteiger partial charge >= 0.3 is 5.76 Å². The van der Waals surface area contributed by atoms with Crippen LogP contribution in [0.15, 0.2) is 51.8 Å². The maximum Gasteiger partial charge on any atom is 0.442 e. The number of nitrogens with zero attached hydrogens (tertiary/aromatic N) is 5. The maximum absolute atomic E-state index is 12.4. The van der Waals surface area contributed by atoms with Gasteiger partial charge in [0, 0.05) is 11.3 Å². The van der Waals surface area contributed by atoms with Crippen LogP contribution in [-0.4, -0.2) is 38.9 Å². The van der Waals surface area contributed by atoms with Gasteiger partial charge in [-0.05, 0) is 36.2 Å². The number of aromatic nitrogens is 5. The molecule has 4 aromatic rings. The number of methoxy groups -OCH3 is 2. The summed E-state index contributed by atoms with van der Waals surface area (Å²) in [5.74, 6) is 1.22. The molecule has 0 fully saturated rings. The average Bonchev–Trinajstić information content (AvgIpc) is 3.18. The number of hydrogen-bond acceptors (Lipinski definition) is 10. The highest BCUT2D eigenvalue weighted by atomic mass is 16.5. The van der Waals surface area contributed by atoms with Gasteiger partial charge < -0.3 is 20.5 Å². The monoisotopic (exact) mass is 449 g/mol. The minimum Gasteiger partial charge on any atom is -0.493 e. The first-order valence-corrected chi connectivity index (χ1v) is 10.2. The molecule has 2 aromatic heterocycles. The van der Waals surface area contributed by atoms with Crippen LogP contribution in [0, 0.1) is 0 Å². The van der Waals surface area contributed by atoms with Crippen molar-refractivity contribution in [3.63, 3.8) is 0 Å². The quantitative estimate of drug-likeness (QED) is 0.412. The largest absolute Gasteiger partial charge is 0.493 e. The molecular weight excluding hydrogens is 426 g/mol. The summed E-state index contributed by atoms with van der Waals surface area (Å²) in [7, 11) is 3.07. The highest BCUT2D eigenvalue weighted by molar-refractivity contribution is 5.61. The fourth-order valence-electron chi connectivity index (χ4n) is 3.37. The second kappa shape index (κ2) is 9.39. The van der Waals surface area contributed by atoms with Crippen LogP contribution in [0.5, 0.6) is 11.5 Å². The fraction of sp³-hybridized carbons (Fsp3) is 0.227. The van der Waals surface area contributed by atoms with Crippen LogP contribution < -0.4 is 26.3 Å². The minimum atomic E-state index is -0.662. The molecule has 11 heteroatoms. The summed E-state index contributed by atoms with van der Waals surface area (Å²) in [6.45, 7) is 2.03. The number of para-hydroxylation sites is 1. The lowest BCUT2D eigenvalue weighted by molar-refractivity contribution is 0.355. The van der Waals surface area contributed by atoms with Gasteiger partial charge in [0.15, 0.2) is 23.1 Å². The lowest BCUT2D eigenvalue weighted by atomic mass is 10.1. The number of benzene rings is 2. The number of ether oxygens (including phenoxy) is 2. The van der Waals surface area contributed by atoms with E-state index in [1.807, 2.05) is 24.3 Å². The first kappa shape index (κ1) is 21.8. The third-order valence-electron chi connectivity index (χ3n) is 4.97. The molecule has 0 saturated carbocycles. The van der Waals surface area contributed by atoms with Gasteiger partial charge in [0.1, 0.15) is 0 Å². The second-order valence-corrected chi connectivity index (χ2v) is 7.00. The van der Waals surface area contributed by atoms with Crippen molar-refractivity contribution < 1.29 is 14.0 Å². The summed E-state index contributed by atoms with van der Waals surface area (Å²) >= 11 is 0. The standard InChI is InChI=1S/C22H23N7O4/c1-4-13-7-5-6-8-15(13)24-21-26-18(25-20(23)27-21)12-29-19(28-33-22(29)30)14-9-10-16(31-2)17(11-14)32-3/h5-11H,4,12H2,1-3H3,(H3,23,24,25,26,27). The Morgan fingerprint density at radius 3 is 2.61 bits per heavy atom. The van der Waals surface area contributed by atoms with Gasteiger partial charge in [0.25, 0.3) is 0 Å². The van der Waals surface area contributed by atoms with E-state index in [4.69, 9.17) is 19.7 Å². The Hall–Kier alpha value is -4.41. The molecule has 170 valence electrons. The van der Waals surface area contributed by atoms with Crippen LogP contribution in [0.3, 0.4) is 0 Å². The number of anilines is 3. The van der Waals surface area contributed by atoms with Crippen LogP contribution in [0.25, 0.3) is 11.4 Å². The lowest BCUT2D eigenvalue weighted by Gasteiger charge is -2.11. The molecule has 4 rings (SSSR count). The van der Waals surface area contributed by atoms with Crippen LogP contribution in [0.4, 0.5) is 17.6 Å².